The third-order valence-electron chi connectivity index (χ3n) is 13.0. The molecular formula is C64H112O6. The first kappa shape index (κ1) is 66.9. The summed E-state index contributed by atoms with van der Waals surface area (Å²) in [5.41, 5.74) is 0. The minimum absolute atomic E-state index is 0.0734. The fourth-order valence-electron chi connectivity index (χ4n) is 8.51. The molecule has 0 saturated carbocycles. The second-order valence-electron chi connectivity index (χ2n) is 19.9. The van der Waals surface area contributed by atoms with Crippen molar-refractivity contribution in [1.29, 1.82) is 0 Å². The van der Waals surface area contributed by atoms with Crippen molar-refractivity contribution in [2.45, 2.75) is 303 Å². The predicted octanol–water partition coefficient (Wildman–Crippen LogP) is 20.2. The van der Waals surface area contributed by atoms with Gasteiger partial charge in [0.05, 0.1) is 0 Å². The van der Waals surface area contributed by atoms with E-state index in [0.29, 0.717) is 19.3 Å². The number of rotatable bonds is 54. The van der Waals surface area contributed by atoms with E-state index in [-0.39, 0.29) is 31.1 Å². The summed E-state index contributed by atoms with van der Waals surface area (Å²) in [6.07, 6.45) is 74.7. The normalized spacial score (nSPS) is 12.6. The van der Waals surface area contributed by atoms with Gasteiger partial charge in [0, 0.05) is 19.3 Å². The number of hydrogen-bond acceptors (Lipinski definition) is 6. The summed E-state index contributed by atoms with van der Waals surface area (Å²) in [5, 5.41) is 0. The van der Waals surface area contributed by atoms with Crippen LogP contribution in [0.3, 0.4) is 0 Å². The molecule has 0 amide bonds. The lowest BCUT2D eigenvalue weighted by Gasteiger charge is -2.18. The van der Waals surface area contributed by atoms with Crippen molar-refractivity contribution in [1.82, 2.24) is 0 Å². The highest BCUT2D eigenvalue weighted by Gasteiger charge is 2.19. The van der Waals surface area contributed by atoms with Crippen LogP contribution < -0.4 is 0 Å². The van der Waals surface area contributed by atoms with Crippen LogP contribution in [0.4, 0.5) is 0 Å². The Morgan fingerprint density at radius 2 is 0.557 bits per heavy atom. The number of carbonyl (C=O) groups is 3. The van der Waals surface area contributed by atoms with Gasteiger partial charge in [-0.25, -0.2) is 0 Å². The van der Waals surface area contributed by atoms with Crippen LogP contribution in [0, 0.1) is 0 Å². The second kappa shape index (κ2) is 58.4. The quantitative estimate of drug-likeness (QED) is 0.0261. The van der Waals surface area contributed by atoms with Crippen LogP contribution in [-0.4, -0.2) is 37.2 Å². The molecular weight excluding hydrogens is 865 g/mol. The highest BCUT2D eigenvalue weighted by Crippen LogP contribution is 2.16. The number of hydrogen-bond donors (Lipinski definition) is 0. The molecule has 0 aliphatic heterocycles. The largest absolute Gasteiger partial charge is 0.462 e. The minimum Gasteiger partial charge on any atom is -0.462 e. The Morgan fingerprint density at radius 1 is 0.300 bits per heavy atom. The van der Waals surface area contributed by atoms with E-state index in [1.54, 1.807) is 0 Å². The summed E-state index contributed by atoms with van der Waals surface area (Å²) in [6, 6.07) is 0. The van der Waals surface area contributed by atoms with Crippen LogP contribution in [-0.2, 0) is 28.6 Å². The van der Waals surface area contributed by atoms with E-state index in [0.717, 1.165) is 103 Å². The molecule has 0 aromatic rings. The molecule has 6 heteroatoms. The Morgan fingerprint density at radius 3 is 0.871 bits per heavy atom. The number of esters is 3. The van der Waals surface area contributed by atoms with Gasteiger partial charge in [0.25, 0.3) is 0 Å². The predicted molar refractivity (Wildman–Crippen MR) is 302 cm³/mol. The highest BCUT2D eigenvalue weighted by atomic mass is 16.6. The van der Waals surface area contributed by atoms with E-state index < -0.39 is 6.10 Å². The average Bonchev–Trinajstić information content (AvgIpc) is 3.36. The number of carbonyl (C=O) groups excluding carboxylic acids is 3. The fourth-order valence-corrected chi connectivity index (χ4v) is 8.51. The van der Waals surface area contributed by atoms with Crippen LogP contribution in [0.5, 0.6) is 0 Å². The Balaban J connectivity index is 4.25. The molecule has 70 heavy (non-hydrogen) atoms. The average molecular weight is 978 g/mol. The van der Waals surface area contributed by atoms with Crippen LogP contribution in [0.1, 0.15) is 297 Å². The molecule has 0 aromatic carbocycles. The van der Waals surface area contributed by atoms with E-state index in [1.165, 1.54) is 154 Å². The van der Waals surface area contributed by atoms with Crippen molar-refractivity contribution < 1.29 is 28.6 Å². The molecule has 0 radical (unpaired) electrons. The van der Waals surface area contributed by atoms with E-state index in [4.69, 9.17) is 14.2 Å². The van der Waals surface area contributed by atoms with Gasteiger partial charge in [0.1, 0.15) is 13.2 Å². The molecule has 1 unspecified atom stereocenters. The standard InChI is InChI=1S/C64H112O6/c1-4-7-10-13-16-19-22-24-26-27-28-29-30-31-32-33-34-35-36-37-38-40-42-45-48-51-54-57-63(66)69-60-61(59-68-62(65)56-53-50-47-44-41-21-18-15-12-9-6-3)70-64(67)58-55-52-49-46-43-39-25-23-20-17-14-11-8-5-2/h7,10,16,19,24,26,28-29,31-32,34-35,61H,4-6,8-9,11-15,17-18,20-23,25,27,30,33,36-60H2,1-3H3/b10-7-,19-16-,26-24-,29-28-,32-31-,35-34-. The van der Waals surface area contributed by atoms with Crippen LogP contribution in [0.25, 0.3) is 0 Å². The lowest BCUT2D eigenvalue weighted by molar-refractivity contribution is -0.167. The van der Waals surface area contributed by atoms with Crippen LogP contribution in [0.2, 0.25) is 0 Å². The number of ether oxygens (including phenoxy) is 3. The third-order valence-corrected chi connectivity index (χ3v) is 13.0. The molecule has 6 nitrogen and oxygen atoms in total. The van der Waals surface area contributed by atoms with Gasteiger partial charge in [-0.1, -0.05) is 280 Å². The van der Waals surface area contributed by atoms with E-state index in [2.05, 4.69) is 93.7 Å². The maximum atomic E-state index is 12.8. The summed E-state index contributed by atoms with van der Waals surface area (Å²) < 4.78 is 16.9. The first-order chi connectivity index (χ1) is 34.5. The highest BCUT2D eigenvalue weighted by molar-refractivity contribution is 5.71. The number of unbranched alkanes of at least 4 members (excludes halogenated alkanes) is 31. The summed E-state index contributed by atoms with van der Waals surface area (Å²) in [6.45, 7) is 6.54. The maximum Gasteiger partial charge on any atom is 0.306 e. The second-order valence-corrected chi connectivity index (χ2v) is 19.9. The Kier molecular flexibility index (Phi) is 55.8. The SMILES string of the molecule is CC/C=C\C/C=C\C/C=C\C/C=C\C/C=C\C/C=C\CCCCCCCCCCC(=O)OCC(COC(=O)CCCCCCCCCCCCC)OC(=O)CCCCCCCCCCCCCCCC. The minimum atomic E-state index is -0.774. The van der Waals surface area contributed by atoms with Gasteiger partial charge < -0.3 is 14.2 Å². The Hall–Kier alpha value is -3.15. The molecule has 0 aliphatic carbocycles. The molecule has 0 bridgehead atoms. The van der Waals surface area contributed by atoms with Gasteiger partial charge >= 0.3 is 17.9 Å². The van der Waals surface area contributed by atoms with E-state index >= 15 is 0 Å². The van der Waals surface area contributed by atoms with Crippen molar-refractivity contribution in [3.63, 3.8) is 0 Å². The van der Waals surface area contributed by atoms with Gasteiger partial charge in [-0.3, -0.25) is 14.4 Å². The van der Waals surface area contributed by atoms with Crippen molar-refractivity contribution in [3.8, 4) is 0 Å². The molecule has 0 rings (SSSR count). The van der Waals surface area contributed by atoms with Gasteiger partial charge in [0.15, 0.2) is 6.10 Å². The third kappa shape index (κ3) is 55.8. The summed E-state index contributed by atoms with van der Waals surface area (Å²) >= 11 is 0. The first-order valence-corrected chi connectivity index (χ1v) is 29.9. The van der Waals surface area contributed by atoms with Gasteiger partial charge in [-0.15, -0.1) is 0 Å². The van der Waals surface area contributed by atoms with Crippen LogP contribution in [0.15, 0.2) is 72.9 Å². The molecule has 0 aromatic heterocycles. The smallest absolute Gasteiger partial charge is 0.306 e. The number of allylic oxidation sites excluding steroid dienone is 12. The van der Waals surface area contributed by atoms with Crippen molar-refractivity contribution in [3.05, 3.63) is 72.9 Å². The molecule has 0 heterocycles. The molecule has 0 N–H and O–H groups in total. The maximum absolute atomic E-state index is 12.8. The lowest BCUT2D eigenvalue weighted by atomic mass is 10.0. The molecule has 1 atom stereocenters. The van der Waals surface area contributed by atoms with Crippen molar-refractivity contribution >= 4 is 17.9 Å². The molecule has 404 valence electrons. The van der Waals surface area contributed by atoms with Gasteiger partial charge in [0.2, 0.25) is 0 Å². The van der Waals surface area contributed by atoms with Crippen LogP contribution >= 0.6 is 0 Å². The summed E-state index contributed by atoms with van der Waals surface area (Å²) in [7, 11) is 0. The monoisotopic (exact) mass is 977 g/mol. The van der Waals surface area contributed by atoms with Gasteiger partial charge in [-0.05, 0) is 70.6 Å². The Labute approximate surface area is 433 Å². The van der Waals surface area contributed by atoms with Crippen molar-refractivity contribution in [2.75, 3.05) is 13.2 Å². The zero-order valence-electron chi connectivity index (χ0n) is 46.3. The molecule has 0 spiro atoms. The molecule has 0 aliphatic rings. The lowest BCUT2D eigenvalue weighted by Crippen LogP contribution is -2.30. The van der Waals surface area contributed by atoms with Gasteiger partial charge in [-0.2, -0.15) is 0 Å². The first-order valence-electron chi connectivity index (χ1n) is 29.9. The fraction of sp³-hybridized carbons (Fsp3) is 0.766. The zero-order valence-corrected chi connectivity index (χ0v) is 46.3. The topological polar surface area (TPSA) is 78.9 Å². The summed E-state index contributed by atoms with van der Waals surface area (Å²) in [4.78, 5) is 38.1. The summed E-state index contributed by atoms with van der Waals surface area (Å²) in [5.74, 6) is -0.870. The van der Waals surface area contributed by atoms with E-state index in [9.17, 15) is 14.4 Å². The van der Waals surface area contributed by atoms with Crippen molar-refractivity contribution in [2.24, 2.45) is 0 Å². The molecule has 0 fully saturated rings. The molecule has 0 saturated heterocycles. The van der Waals surface area contributed by atoms with E-state index in [1.807, 2.05) is 0 Å². The zero-order chi connectivity index (χ0) is 50.7. The Bertz CT molecular complexity index is 1310.